The second-order valence-corrected chi connectivity index (χ2v) is 7.05. The Morgan fingerprint density at radius 2 is 2.18 bits per heavy atom. The molecule has 0 atom stereocenters. The van der Waals surface area contributed by atoms with Crippen molar-refractivity contribution in [1.82, 2.24) is 9.88 Å². The van der Waals surface area contributed by atoms with Crippen LogP contribution in [-0.4, -0.2) is 16.5 Å². The Kier molecular flexibility index (Phi) is 3.43. The Hall–Kier alpha value is -1.78. The van der Waals surface area contributed by atoms with Gasteiger partial charge in [-0.25, -0.2) is 0 Å². The highest BCUT2D eigenvalue weighted by Crippen LogP contribution is 2.27. The van der Waals surface area contributed by atoms with Gasteiger partial charge in [0.2, 0.25) is 0 Å². The molecule has 5 heteroatoms. The zero-order valence-corrected chi connectivity index (χ0v) is 13.5. The number of benzene rings is 1. The van der Waals surface area contributed by atoms with E-state index in [-0.39, 0.29) is 5.91 Å². The first-order valence-corrected chi connectivity index (χ1v) is 8.58. The van der Waals surface area contributed by atoms with Gasteiger partial charge in [0.25, 0.3) is 5.91 Å². The van der Waals surface area contributed by atoms with E-state index in [1.54, 1.807) is 11.3 Å². The van der Waals surface area contributed by atoms with Crippen molar-refractivity contribution in [1.29, 1.82) is 0 Å². The summed E-state index contributed by atoms with van der Waals surface area (Å²) in [5, 5.41) is 5.85. The first-order chi connectivity index (χ1) is 10.7. The fraction of sp³-hybridized carbons (Fsp3) is 0.235. The van der Waals surface area contributed by atoms with Crippen LogP contribution in [0, 0.1) is 0 Å². The van der Waals surface area contributed by atoms with Crippen LogP contribution < -0.4 is 5.32 Å². The van der Waals surface area contributed by atoms with Crippen LogP contribution in [0.5, 0.6) is 0 Å². The molecule has 22 heavy (non-hydrogen) atoms. The minimum Gasteiger partial charge on any atom is -0.348 e. The molecule has 0 saturated heterocycles. The van der Waals surface area contributed by atoms with Gasteiger partial charge in [0.05, 0.1) is 10.2 Å². The van der Waals surface area contributed by atoms with Gasteiger partial charge in [0.15, 0.2) is 0 Å². The molecule has 2 aromatic heterocycles. The Morgan fingerprint density at radius 1 is 1.32 bits per heavy atom. The fourth-order valence-electron chi connectivity index (χ4n) is 2.64. The number of hydrogen-bond donors (Lipinski definition) is 1. The first kappa shape index (κ1) is 13.9. The molecule has 1 fully saturated rings. The fourth-order valence-corrected chi connectivity index (χ4v) is 3.68. The summed E-state index contributed by atoms with van der Waals surface area (Å²) >= 11 is 7.74. The molecular formula is C17H15ClN2OS. The monoisotopic (exact) mass is 330 g/mol. The topological polar surface area (TPSA) is 34.0 Å². The third-order valence-corrected chi connectivity index (χ3v) is 4.99. The predicted octanol–water partition coefficient (Wildman–Crippen LogP) is 4.30. The van der Waals surface area contributed by atoms with Crippen LogP contribution in [0.4, 0.5) is 0 Å². The number of halogens is 1. The van der Waals surface area contributed by atoms with Crippen LogP contribution in [0.2, 0.25) is 5.02 Å². The summed E-state index contributed by atoms with van der Waals surface area (Å²) in [4.78, 5) is 12.5. The van der Waals surface area contributed by atoms with E-state index in [1.165, 1.54) is 0 Å². The molecular weight excluding hydrogens is 316 g/mol. The number of rotatable bonds is 4. The molecule has 0 aliphatic heterocycles. The molecule has 0 unspecified atom stereocenters. The second kappa shape index (κ2) is 5.45. The van der Waals surface area contributed by atoms with E-state index in [0.717, 1.165) is 39.3 Å². The summed E-state index contributed by atoms with van der Waals surface area (Å²) < 4.78 is 3.22. The van der Waals surface area contributed by atoms with Crippen molar-refractivity contribution in [2.45, 2.75) is 25.4 Å². The van der Waals surface area contributed by atoms with Gasteiger partial charge >= 0.3 is 0 Å². The highest BCUT2D eigenvalue weighted by Gasteiger charge is 2.26. The highest BCUT2D eigenvalue weighted by atomic mass is 35.5. The minimum atomic E-state index is 0.0212. The molecule has 2 heterocycles. The molecule has 4 rings (SSSR count). The summed E-state index contributed by atoms with van der Waals surface area (Å²) in [6.07, 6.45) is 2.18. The third kappa shape index (κ3) is 2.64. The average molecular weight is 331 g/mol. The van der Waals surface area contributed by atoms with Crippen LogP contribution >= 0.6 is 22.9 Å². The van der Waals surface area contributed by atoms with Crippen molar-refractivity contribution in [3.63, 3.8) is 0 Å². The first-order valence-electron chi connectivity index (χ1n) is 7.33. The van der Waals surface area contributed by atoms with Crippen LogP contribution in [0.25, 0.3) is 10.2 Å². The minimum absolute atomic E-state index is 0.0212. The molecule has 1 aliphatic rings. The highest BCUT2D eigenvalue weighted by molar-refractivity contribution is 7.17. The predicted molar refractivity (Wildman–Crippen MR) is 90.9 cm³/mol. The quantitative estimate of drug-likeness (QED) is 0.760. The number of hydrogen-bond acceptors (Lipinski definition) is 2. The maximum Gasteiger partial charge on any atom is 0.268 e. The third-order valence-electron chi connectivity index (χ3n) is 3.90. The number of nitrogens with zero attached hydrogens (tertiary/aromatic N) is 1. The lowest BCUT2D eigenvalue weighted by molar-refractivity contribution is 0.0942. The second-order valence-electron chi connectivity index (χ2n) is 5.66. The molecule has 1 saturated carbocycles. The van der Waals surface area contributed by atoms with Gasteiger partial charge in [-0.1, -0.05) is 23.7 Å². The van der Waals surface area contributed by atoms with Gasteiger partial charge in [-0.2, -0.15) is 0 Å². The average Bonchev–Trinajstić information content (AvgIpc) is 3.07. The number of amides is 1. The summed E-state index contributed by atoms with van der Waals surface area (Å²) in [6, 6.07) is 12.2. The van der Waals surface area contributed by atoms with Crippen LogP contribution in [0.3, 0.4) is 0 Å². The number of thiophene rings is 1. The van der Waals surface area contributed by atoms with Crippen molar-refractivity contribution in [3.05, 3.63) is 58.1 Å². The molecule has 112 valence electrons. The van der Waals surface area contributed by atoms with Crippen LogP contribution in [0.1, 0.15) is 28.9 Å². The summed E-state index contributed by atoms with van der Waals surface area (Å²) in [5.41, 5.74) is 2.93. The largest absolute Gasteiger partial charge is 0.348 e. The zero-order valence-electron chi connectivity index (χ0n) is 11.9. The molecule has 1 amide bonds. The summed E-state index contributed by atoms with van der Waals surface area (Å²) in [5.74, 6) is 0.0212. The van der Waals surface area contributed by atoms with Gasteiger partial charge in [-0.05, 0) is 48.1 Å². The molecule has 3 nitrogen and oxygen atoms in total. The smallest absolute Gasteiger partial charge is 0.268 e. The van der Waals surface area contributed by atoms with Gasteiger partial charge in [-0.15, -0.1) is 11.3 Å². The number of nitrogens with one attached hydrogen (secondary N) is 1. The van der Waals surface area contributed by atoms with Gasteiger partial charge in [0, 0.05) is 17.6 Å². The van der Waals surface area contributed by atoms with Crippen molar-refractivity contribution in [3.8, 4) is 0 Å². The van der Waals surface area contributed by atoms with E-state index >= 15 is 0 Å². The van der Waals surface area contributed by atoms with Crippen molar-refractivity contribution in [2.75, 3.05) is 0 Å². The lowest BCUT2D eigenvalue weighted by Gasteiger charge is -2.11. The molecule has 3 aromatic rings. The molecule has 0 spiro atoms. The molecule has 0 bridgehead atoms. The van der Waals surface area contributed by atoms with E-state index in [2.05, 4.69) is 21.3 Å². The lowest BCUT2D eigenvalue weighted by atomic mass is 10.2. The Balaban J connectivity index is 1.73. The Labute approximate surface area is 137 Å². The number of carbonyl (C=O) groups is 1. The Morgan fingerprint density at radius 3 is 2.95 bits per heavy atom. The molecule has 1 aromatic carbocycles. The van der Waals surface area contributed by atoms with Crippen molar-refractivity contribution >= 4 is 39.1 Å². The lowest BCUT2D eigenvalue weighted by Crippen LogP contribution is -2.27. The SMILES string of the molecule is O=C(NC1CC1)c1cc2sccc2n1Cc1cccc(Cl)c1. The van der Waals surface area contributed by atoms with Crippen LogP contribution in [-0.2, 0) is 6.54 Å². The van der Waals surface area contributed by atoms with Gasteiger partial charge < -0.3 is 9.88 Å². The number of aromatic nitrogens is 1. The number of carbonyl (C=O) groups excluding carboxylic acids is 1. The van der Waals surface area contributed by atoms with Crippen LogP contribution in [0.15, 0.2) is 41.8 Å². The molecule has 1 N–H and O–H groups in total. The van der Waals surface area contributed by atoms with E-state index in [9.17, 15) is 4.79 Å². The maximum atomic E-state index is 12.5. The molecule has 0 radical (unpaired) electrons. The van der Waals surface area contributed by atoms with Gasteiger partial charge in [0.1, 0.15) is 5.69 Å². The zero-order chi connectivity index (χ0) is 15.1. The summed E-state index contributed by atoms with van der Waals surface area (Å²) in [7, 11) is 0. The molecule has 1 aliphatic carbocycles. The normalized spacial score (nSPS) is 14.4. The van der Waals surface area contributed by atoms with Gasteiger partial charge in [-0.3, -0.25) is 4.79 Å². The van der Waals surface area contributed by atoms with E-state index in [1.807, 2.05) is 30.3 Å². The van der Waals surface area contributed by atoms with E-state index < -0.39 is 0 Å². The number of fused-ring (bicyclic) bond motifs is 1. The van der Waals surface area contributed by atoms with Crippen molar-refractivity contribution < 1.29 is 4.79 Å². The standard InChI is InChI=1S/C17H15ClN2OS/c18-12-3-1-2-11(8-12)10-20-14-6-7-22-16(14)9-15(20)17(21)19-13-4-5-13/h1-3,6-9,13H,4-5,10H2,(H,19,21). The van der Waals surface area contributed by atoms with E-state index in [4.69, 9.17) is 11.6 Å². The summed E-state index contributed by atoms with van der Waals surface area (Å²) in [6.45, 7) is 0.647. The van der Waals surface area contributed by atoms with E-state index in [0.29, 0.717) is 12.6 Å². The Bertz CT molecular complexity index is 847. The van der Waals surface area contributed by atoms with Crippen molar-refractivity contribution in [2.24, 2.45) is 0 Å². The maximum absolute atomic E-state index is 12.5.